The molecular formula is C9H8N6O. The van der Waals surface area contributed by atoms with Gasteiger partial charge in [-0.05, 0) is 0 Å². The Labute approximate surface area is 91.1 Å². The van der Waals surface area contributed by atoms with E-state index >= 15 is 0 Å². The van der Waals surface area contributed by atoms with E-state index in [0.717, 1.165) is 0 Å². The Morgan fingerprint density at radius 1 is 1.50 bits per heavy atom. The molecule has 0 bridgehead atoms. The largest absolute Gasteiger partial charge is 0.481 e. The Kier molecular flexibility index (Phi) is 2.39. The summed E-state index contributed by atoms with van der Waals surface area (Å²) in [4.78, 5) is 11.7. The van der Waals surface area contributed by atoms with Crippen LogP contribution in [-0.2, 0) is 0 Å². The number of nitriles is 1. The topological polar surface area (TPSA) is 103 Å². The average molecular weight is 216 g/mol. The second-order valence-electron chi connectivity index (χ2n) is 2.86. The van der Waals surface area contributed by atoms with Gasteiger partial charge in [0.15, 0.2) is 0 Å². The molecule has 7 heteroatoms. The summed E-state index contributed by atoms with van der Waals surface area (Å²) in [6.45, 7) is 0. The summed E-state index contributed by atoms with van der Waals surface area (Å²) in [6.07, 6.45) is 3.11. The highest BCUT2D eigenvalue weighted by molar-refractivity contribution is 5.37. The van der Waals surface area contributed by atoms with Crippen LogP contribution >= 0.6 is 0 Å². The highest BCUT2D eigenvalue weighted by atomic mass is 16.5. The number of nitrogens with two attached hydrogens (primary N) is 1. The number of hydrogen-bond acceptors (Lipinski definition) is 6. The molecule has 80 valence electrons. The molecule has 7 nitrogen and oxygen atoms in total. The SMILES string of the molecule is COc1cc(-n2ccnc2C#N)nc(N)n1. The van der Waals surface area contributed by atoms with Crippen LogP contribution < -0.4 is 10.5 Å². The third-order valence-electron chi connectivity index (χ3n) is 1.90. The molecule has 0 amide bonds. The molecule has 0 unspecified atom stereocenters. The predicted molar refractivity (Wildman–Crippen MR) is 54.8 cm³/mol. The van der Waals surface area contributed by atoms with Crippen molar-refractivity contribution in [1.82, 2.24) is 19.5 Å². The second kappa shape index (κ2) is 3.86. The van der Waals surface area contributed by atoms with Crippen molar-refractivity contribution >= 4 is 5.95 Å². The van der Waals surface area contributed by atoms with Gasteiger partial charge in [0.1, 0.15) is 11.9 Å². The Morgan fingerprint density at radius 3 is 3.00 bits per heavy atom. The molecule has 2 aromatic heterocycles. The zero-order chi connectivity index (χ0) is 11.5. The van der Waals surface area contributed by atoms with Crippen molar-refractivity contribution < 1.29 is 4.74 Å². The second-order valence-corrected chi connectivity index (χ2v) is 2.86. The van der Waals surface area contributed by atoms with Gasteiger partial charge in [-0.15, -0.1) is 0 Å². The van der Waals surface area contributed by atoms with Crippen molar-refractivity contribution in [2.24, 2.45) is 0 Å². The summed E-state index contributed by atoms with van der Waals surface area (Å²) < 4.78 is 6.46. The van der Waals surface area contributed by atoms with E-state index in [0.29, 0.717) is 11.7 Å². The quantitative estimate of drug-likeness (QED) is 0.765. The number of hydrogen-bond donors (Lipinski definition) is 1. The van der Waals surface area contributed by atoms with E-state index in [2.05, 4.69) is 15.0 Å². The molecule has 0 aromatic carbocycles. The number of anilines is 1. The number of rotatable bonds is 2. The van der Waals surface area contributed by atoms with E-state index in [4.69, 9.17) is 15.7 Å². The fraction of sp³-hybridized carbons (Fsp3) is 0.111. The summed E-state index contributed by atoms with van der Waals surface area (Å²) in [7, 11) is 1.48. The van der Waals surface area contributed by atoms with Gasteiger partial charge in [0, 0.05) is 18.5 Å². The van der Waals surface area contributed by atoms with Gasteiger partial charge in [-0.1, -0.05) is 0 Å². The smallest absolute Gasteiger partial charge is 0.225 e. The Hall–Kier alpha value is -2.62. The fourth-order valence-electron chi connectivity index (χ4n) is 1.23. The van der Waals surface area contributed by atoms with Crippen molar-refractivity contribution in [2.75, 3.05) is 12.8 Å². The average Bonchev–Trinajstić information content (AvgIpc) is 2.76. The van der Waals surface area contributed by atoms with Gasteiger partial charge >= 0.3 is 0 Å². The standard InChI is InChI=1S/C9H8N6O/c1-16-8-4-6(13-9(11)14-8)15-3-2-12-7(15)5-10/h2-4H,1H3,(H2,11,13,14). The lowest BCUT2D eigenvalue weighted by molar-refractivity contribution is 0.397. The number of methoxy groups -OCH3 is 1. The molecule has 16 heavy (non-hydrogen) atoms. The maximum atomic E-state index is 8.83. The minimum absolute atomic E-state index is 0.0759. The lowest BCUT2D eigenvalue weighted by Crippen LogP contribution is -2.05. The highest BCUT2D eigenvalue weighted by Crippen LogP contribution is 2.14. The Balaban J connectivity index is 2.56. The molecule has 0 spiro atoms. The van der Waals surface area contributed by atoms with E-state index in [1.165, 1.54) is 17.9 Å². The van der Waals surface area contributed by atoms with Gasteiger partial charge in [-0.3, -0.25) is 4.57 Å². The van der Waals surface area contributed by atoms with Crippen LogP contribution in [0.5, 0.6) is 5.88 Å². The van der Waals surface area contributed by atoms with Crippen LogP contribution in [0.3, 0.4) is 0 Å². The first kappa shape index (κ1) is 9.92. The Morgan fingerprint density at radius 2 is 2.31 bits per heavy atom. The molecule has 2 N–H and O–H groups in total. The molecule has 2 heterocycles. The van der Waals surface area contributed by atoms with Crippen LogP contribution in [0.15, 0.2) is 18.5 Å². The van der Waals surface area contributed by atoms with Gasteiger partial charge < -0.3 is 10.5 Å². The van der Waals surface area contributed by atoms with E-state index in [1.807, 2.05) is 6.07 Å². The highest BCUT2D eigenvalue weighted by Gasteiger charge is 2.08. The number of nitrogens with zero attached hydrogens (tertiary/aromatic N) is 5. The molecule has 0 aliphatic heterocycles. The molecule has 0 saturated heterocycles. The molecule has 0 aliphatic carbocycles. The van der Waals surface area contributed by atoms with Gasteiger partial charge in [0.25, 0.3) is 0 Å². The van der Waals surface area contributed by atoms with Gasteiger partial charge in [-0.2, -0.15) is 15.2 Å². The van der Waals surface area contributed by atoms with Gasteiger partial charge in [0.05, 0.1) is 7.11 Å². The number of ether oxygens (including phenoxy) is 1. The zero-order valence-corrected chi connectivity index (χ0v) is 8.45. The van der Waals surface area contributed by atoms with Crippen LogP contribution in [0, 0.1) is 11.3 Å². The number of aromatic nitrogens is 4. The van der Waals surface area contributed by atoms with E-state index in [9.17, 15) is 0 Å². The lowest BCUT2D eigenvalue weighted by Gasteiger charge is -2.05. The first-order valence-corrected chi connectivity index (χ1v) is 4.37. The van der Waals surface area contributed by atoms with Crippen molar-refractivity contribution in [3.05, 3.63) is 24.3 Å². The summed E-state index contributed by atoms with van der Waals surface area (Å²) in [6, 6.07) is 3.51. The normalized spacial score (nSPS) is 9.75. The monoisotopic (exact) mass is 216 g/mol. The van der Waals surface area contributed by atoms with Crippen molar-refractivity contribution in [1.29, 1.82) is 5.26 Å². The summed E-state index contributed by atoms with van der Waals surface area (Å²) in [5.74, 6) is 1.07. The fourth-order valence-corrected chi connectivity index (χ4v) is 1.23. The molecular weight excluding hydrogens is 208 g/mol. The maximum Gasteiger partial charge on any atom is 0.225 e. The summed E-state index contributed by atoms with van der Waals surface area (Å²) in [5, 5.41) is 8.83. The zero-order valence-electron chi connectivity index (χ0n) is 8.45. The molecule has 2 rings (SSSR count). The molecule has 0 atom stereocenters. The predicted octanol–water partition coefficient (Wildman–Crippen LogP) is 0.125. The van der Waals surface area contributed by atoms with Crippen molar-refractivity contribution in [3.8, 4) is 17.8 Å². The number of nitrogen functional groups attached to an aromatic ring is 1. The van der Waals surface area contributed by atoms with E-state index < -0.39 is 0 Å². The molecule has 2 aromatic rings. The molecule has 0 fully saturated rings. The minimum atomic E-state index is 0.0759. The Bertz CT molecular complexity index is 555. The third-order valence-corrected chi connectivity index (χ3v) is 1.90. The maximum absolute atomic E-state index is 8.83. The third kappa shape index (κ3) is 1.64. The van der Waals surface area contributed by atoms with Gasteiger partial charge in [-0.25, -0.2) is 4.98 Å². The van der Waals surface area contributed by atoms with Crippen molar-refractivity contribution in [2.45, 2.75) is 0 Å². The van der Waals surface area contributed by atoms with Crippen LogP contribution in [-0.4, -0.2) is 26.6 Å². The van der Waals surface area contributed by atoms with Crippen LogP contribution in [0.4, 0.5) is 5.95 Å². The molecule has 0 saturated carbocycles. The minimum Gasteiger partial charge on any atom is -0.481 e. The number of imidazole rings is 1. The molecule has 0 radical (unpaired) electrons. The first-order chi connectivity index (χ1) is 7.74. The van der Waals surface area contributed by atoms with Crippen LogP contribution in [0.25, 0.3) is 5.82 Å². The van der Waals surface area contributed by atoms with Crippen molar-refractivity contribution in [3.63, 3.8) is 0 Å². The van der Waals surface area contributed by atoms with Crippen LogP contribution in [0.2, 0.25) is 0 Å². The first-order valence-electron chi connectivity index (χ1n) is 4.37. The van der Waals surface area contributed by atoms with E-state index in [1.54, 1.807) is 12.3 Å². The summed E-state index contributed by atoms with van der Waals surface area (Å²) >= 11 is 0. The van der Waals surface area contributed by atoms with Gasteiger partial charge in [0.2, 0.25) is 17.7 Å². The molecule has 0 aliphatic rings. The van der Waals surface area contributed by atoms with Crippen LogP contribution in [0.1, 0.15) is 5.82 Å². The van der Waals surface area contributed by atoms with E-state index in [-0.39, 0.29) is 11.8 Å². The summed E-state index contributed by atoms with van der Waals surface area (Å²) in [5.41, 5.74) is 5.51. The lowest BCUT2D eigenvalue weighted by atomic mass is 10.5.